The van der Waals surface area contributed by atoms with Gasteiger partial charge in [-0.15, -0.1) is 0 Å². The summed E-state index contributed by atoms with van der Waals surface area (Å²) in [6.45, 7) is 6.95. The van der Waals surface area contributed by atoms with E-state index < -0.39 is 0 Å². The van der Waals surface area contributed by atoms with Crippen LogP contribution in [0.25, 0.3) is 0 Å². The van der Waals surface area contributed by atoms with Crippen molar-refractivity contribution in [2.75, 3.05) is 18.4 Å². The molecule has 0 radical (unpaired) electrons. The third-order valence-corrected chi connectivity index (χ3v) is 5.18. The molecule has 1 N–H and O–H groups in total. The van der Waals surface area contributed by atoms with Crippen LogP contribution in [0.2, 0.25) is 0 Å². The number of carbonyl (C=O) groups excluding carboxylic acids is 2. The highest BCUT2D eigenvalue weighted by atomic mass is 16.3. The molecule has 0 unspecified atom stereocenters. The maximum atomic E-state index is 13.4. The Morgan fingerprint density at radius 1 is 0.971 bits per heavy atom. The fraction of sp³-hybridized carbons (Fsp3) is 0.296. The van der Waals surface area contributed by atoms with E-state index in [1.54, 1.807) is 29.2 Å². The molecule has 34 heavy (non-hydrogen) atoms. The van der Waals surface area contributed by atoms with Crippen LogP contribution >= 0.6 is 0 Å². The standard InChI is InChI=1S/C27H30N4O3/c1-20(2)16-31(27(33)29-24-12-10-22(15-28)11-13-24)19-26(32)30(17-23-7-5-4-6-8-23)18-25-14-9-21(3)34-25/h4-14,20H,16-19H2,1-3H3,(H,29,33). The minimum absolute atomic E-state index is 0.0627. The summed E-state index contributed by atoms with van der Waals surface area (Å²) in [5, 5.41) is 11.8. The maximum Gasteiger partial charge on any atom is 0.322 e. The summed E-state index contributed by atoms with van der Waals surface area (Å²) in [5.41, 5.74) is 2.07. The van der Waals surface area contributed by atoms with E-state index in [0.29, 0.717) is 36.6 Å². The molecule has 0 aliphatic heterocycles. The summed E-state index contributed by atoms with van der Waals surface area (Å²) < 4.78 is 5.71. The van der Waals surface area contributed by atoms with Crippen LogP contribution in [0.4, 0.5) is 10.5 Å². The monoisotopic (exact) mass is 458 g/mol. The number of rotatable bonds is 9. The van der Waals surface area contributed by atoms with E-state index in [9.17, 15) is 9.59 Å². The second kappa shape index (κ2) is 11.7. The van der Waals surface area contributed by atoms with Crippen molar-refractivity contribution in [1.82, 2.24) is 9.80 Å². The van der Waals surface area contributed by atoms with E-state index in [1.165, 1.54) is 4.90 Å². The van der Waals surface area contributed by atoms with E-state index in [-0.39, 0.29) is 24.4 Å². The Morgan fingerprint density at radius 3 is 2.26 bits per heavy atom. The number of furan rings is 1. The molecule has 0 saturated carbocycles. The van der Waals surface area contributed by atoms with E-state index in [4.69, 9.17) is 9.68 Å². The molecule has 0 aliphatic rings. The Hall–Kier alpha value is -4.05. The van der Waals surface area contributed by atoms with E-state index in [2.05, 4.69) is 11.4 Å². The van der Waals surface area contributed by atoms with Gasteiger partial charge in [-0.1, -0.05) is 44.2 Å². The second-order valence-corrected chi connectivity index (χ2v) is 8.64. The quantitative estimate of drug-likeness (QED) is 0.478. The molecule has 0 atom stereocenters. The van der Waals surface area contributed by atoms with Gasteiger partial charge in [0.05, 0.1) is 18.2 Å². The fourth-order valence-electron chi connectivity index (χ4n) is 3.55. The van der Waals surface area contributed by atoms with E-state index >= 15 is 0 Å². The third kappa shape index (κ3) is 7.24. The average molecular weight is 459 g/mol. The van der Waals surface area contributed by atoms with Gasteiger partial charge in [-0.25, -0.2) is 4.79 Å². The summed E-state index contributed by atoms with van der Waals surface area (Å²) in [6.07, 6.45) is 0. The zero-order chi connectivity index (χ0) is 24.5. The van der Waals surface area contributed by atoms with Gasteiger partial charge in [-0.05, 0) is 54.8 Å². The number of nitriles is 1. The van der Waals surface area contributed by atoms with Crippen LogP contribution in [0.15, 0.2) is 71.1 Å². The van der Waals surface area contributed by atoms with Gasteiger partial charge in [0, 0.05) is 18.8 Å². The lowest BCUT2D eigenvalue weighted by Crippen LogP contribution is -2.45. The number of anilines is 1. The zero-order valence-electron chi connectivity index (χ0n) is 19.8. The number of carbonyl (C=O) groups is 2. The summed E-state index contributed by atoms with van der Waals surface area (Å²) in [5.74, 6) is 1.48. The van der Waals surface area contributed by atoms with Crippen molar-refractivity contribution in [2.24, 2.45) is 5.92 Å². The lowest BCUT2D eigenvalue weighted by Gasteiger charge is -2.28. The first-order chi connectivity index (χ1) is 16.3. The number of nitrogens with zero attached hydrogens (tertiary/aromatic N) is 3. The molecule has 0 spiro atoms. The lowest BCUT2D eigenvalue weighted by molar-refractivity contribution is -0.133. The van der Waals surface area contributed by atoms with Gasteiger partial charge in [0.15, 0.2) is 0 Å². The molecule has 7 heteroatoms. The van der Waals surface area contributed by atoms with Crippen LogP contribution in [-0.4, -0.2) is 34.8 Å². The van der Waals surface area contributed by atoms with E-state index in [0.717, 1.165) is 11.3 Å². The normalized spacial score (nSPS) is 10.6. The van der Waals surface area contributed by atoms with Crippen LogP contribution in [0.5, 0.6) is 0 Å². The van der Waals surface area contributed by atoms with Crippen molar-refractivity contribution in [3.05, 3.63) is 89.4 Å². The molecule has 7 nitrogen and oxygen atoms in total. The zero-order valence-corrected chi connectivity index (χ0v) is 19.8. The van der Waals surface area contributed by atoms with Crippen molar-refractivity contribution in [3.8, 4) is 6.07 Å². The molecular weight excluding hydrogens is 428 g/mol. The molecule has 1 heterocycles. The average Bonchev–Trinajstić information content (AvgIpc) is 3.23. The highest BCUT2D eigenvalue weighted by molar-refractivity contribution is 5.92. The second-order valence-electron chi connectivity index (χ2n) is 8.64. The van der Waals surface area contributed by atoms with Crippen molar-refractivity contribution >= 4 is 17.6 Å². The smallest absolute Gasteiger partial charge is 0.322 e. The first kappa shape index (κ1) is 24.6. The van der Waals surface area contributed by atoms with Crippen LogP contribution in [-0.2, 0) is 17.9 Å². The predicted molar refractivity (Wildman–Crippen MR) is 131 cm³/mol. The summed E-state index contributed by atoms with van der Waals surface area (Å²) in [6, 6.07) is 21.8. The molecule has 0 bridgehead atoms. The molecule has 176 valence electrons. The maximum absolute atomic E-state index is 13.4. The first-order valence-electron chi connectivity index (χ1n) is 11.3. The molecule has 3 amide bonds. The number of hydrogen-bond donors (Lipinski definition) is 1. The number of nitrogens with one attached hydrogen (secondary N) is 1. The molecule has 0 aliphatic carbocycles. The van der Waals surface area contributed by atoms with Crippen molar-refractivity contribution in [1.29, 1.82) is 5.26 Å². The van der Waals surface area contributed by atoms with Gasteiger partial charge < -0.3 is 19.5 Å². The van der Waals surface area contributed by atoms with Gasteiger partial charge in [-0.2, -0.15) is 5.26 Å². The van der Waals surface area contributed by atoms with Gasteiger partial charge in [0.25, 0.3) is 0 Å². The third-order valence-electron chi connectivity index (χ3n) is 5.18. The highest BCUT2D eigenvalue weighted by Crippen LogP contribution is 2.15. The van der Waals surface area contributed by atoms with Crippen molar-refractivity contribution in [3.63, 3.8) is 0 Å². The first-order valence-corrected chi connectivity index (χ1v) is 11.3. The minimum atomic E-state index is -0.361. The van der Waals surface area contributed by atoms with Crippen LogP contribution < -0.4 is 5.32 Å². The molecule has 1 aromatic heterocycles. The van der Waals surface area contributed by atoms with Crippen LogP contribution in [0.1, 0.15) is 36.5 Å². The van der Waals surface area contributed by atoms with E-state index in [1.807, 2.05) is 63.2 Å². The number of amides is 3. The molecule has 3 rings (SSSR count). The Morgan fingerprint density at radius 2 is 1.68 bits per heavy atom. The highest BCUT2D eigenvalue weighted by Gasteiger charge is 2.23. The largest absolute Gasteiger partial charge is 0.464 e. The van der Waals surface area contributed by atoms with Crippen LogP contribution in [0.3, 0.4) is 0 Å². The summed E-state index contributed by atoms with van der Waals surface area (Å²) >= 11 is 0. The van der Waals surface area contributed by atoms with Gasteiger partial charge in [-0.3, -0.25) is 4.79 Å². The number of benzene rings is 2. The van der Waals surface area contributed by atoms with Gasteiger partial charge >= 0.3 is 6.03 Å². The molecule has 3 aromatic rings. The lowest BCUT2D eigenvalue weighted by atomic mass is 10.2. The Balaban J connectivity index is 1.75. The fourth-order valence-corrected chi connectivity index (χ4v) is 3.55. The Kier molecular flexibility index (Phi) is 8.47. The Bertz CT molecular complexity index is 1130. The van der Waals surface area contributed by atoms with Gasteiger partial charge in [0.1, 0.15) is 18.1 Å². The summed E-state index contributed by atoms with van der Waals surface area (Å²) in [7, 11) is 0. The molecular formula is C27H30N4O3. The van der Waals surface area contributed by atoms with Gasteiger partial charge in [0.2, 0.25) is 5.91 Å². The Labute approximate surface area is 200 Å². The summed E-state index contributed by atoms with van der Waals surface area (Å²) in [4.78, 5) is 29.7. The molecule has 0 saturated heterocycles. The SMILES string of the molecule is Cc1ccc(CN(Cc2ccccc2)C(=O)CN(CC(C)C)C(=O)Nc2ccc(C#N)cc2)o1. The number of hydrogen-bond acceptors (Lipinski definition) is 4. The number of urea groups is 1. The number of aryl methyl sites for hydroxylation is 1. The molecule has 2 aromatic carbocycles. The molecule has 0 fully saturated rings. The van der Waals surface area contributed by atoms with Crippen molar-refractivity contribution < 1.29 is 14.0 Å². The minimum Gasteiger partial charge on any atom is -0.464 e. The van der Waals surface area contributed by atoms with Crippen LogP contribution in [0, 0.1) is 24.2 Å². The predicted octanol–water partition coefficient (Wildman–Crippen LogP) is 5.18. The van der Waals surface area contributed by atoms with Crippen molar-refractivity contribution in [2.45, 2.75) is 33.9 Å². The topological polar surface area (TPSA) is 89.6 Å².